The number of hydrogen-bond acceptors (Lipinski definition) is 4. The highest BCUT2D eigenvalue weighted by Gasteiger charge is 2.15. The van der Waals surface area contributed by atoms with Gasteiger partial charge in [-0.25, -0.2) is 4.98 Å². The zero-order valence-corrected chi connectivity index (χ0v) is 17.1. The van der Waals surface area contributed by atoms with Gasteiger partial charge >= 0.3 is 5.97 Å². The number of hydrogen-bond donors (Lipinski definition) is 1. The first-order valence-corrected chi connectivity index (χ1v) is 9.97. The van der Waals surface area contributed by atoms with Crippen LogP contribution in [0.3, 0.4) is 0 Å². The van der Waals surface area contributed by atoms with Gasteiger partial charge in [0.2, 0.25) is 5.89 Å². The van der Waals surface area contributed by atoms with Crippen molar-refractivity contribution in [3.8, 4) is 17.2 Å². The number of aromatic nitrogens is 1. The molecule has 3 aromatic rings. The summed E-state index contributed by atoms with van der Waals surface area (Å²) in [6, 6.07) is 15.7. The molecule has 1 heterocycles. The lowest BCUT2D eigenvalue weighted by Gasteiger charge is -2.13. The number of carbonyl (C=O) groups is 1. The molecule has 0 aliphatic carbocycles. The summed E-state index contributed by atoms with van der Waals surface area (Å²) in [4.78, 5) is 15.7. The van der Waals surface area contributed by atoms with Crippen LogP contribution in [0.1, 0.15) is 36.4 Å². The second-order valence-corrected chi connectivity index (χ2v) is 7.21. The fourth-order valence-corrected chi connectivity index (χ4v) is 3.27. The monoisotopic (exact) mass is 393 g/mol. The second-order valence-electron chi connectivity index (χ2n) is 7.21. The minimum absolute atomic E-state index is 0.402. The first-order chi connectivity index (χ1) is 14.0. The molecule has 1 atom stereocenters. The van der Waals surface area contributed by atoms with Gasteiger partial charge in [-0.15, -0.1) is 0 Å². The lowest BCUT2D eigenvalue weighted by Crippen LogP contribution is -2.13. The van der Waals surface area contributed by atoms with E-state index in [0.29, 0.717) is 25.3 Å². The Bertz CT molecular complexity index is 962. The van der Waals surface area contributed by atoms with Gasteiger partial charge in [0.25, 0.3) is 0 Å². The summed E-state index contributed by atoms with van der Waals surface area (Å²) in [5.74, 6) is 1.05. The summed E-state index contributed by atoms with van der Waals surface area (Å²) >= 11 is 0. The molecule has 3 rings (SSSR count). The van der Waals surface area contributed by atoms with Crippen LogP contribution in [0.2, 0.25) is 0 Å². The maximum absolute atomic E-state index is 11.1. The zero-order chi connectivity index (χ0) is 20.8. The predicted molar refractivity (Wildman–Crippen MR) is 112 cm³/mol. The number of ether oxygens (including phenoxy) is 1. The number of aryl methyl sites for hydroxylation is 2. The first kappa shape index (κ1) is 20.6. The summed E-state index contributed by atoms with van der Waals surface area (Å²) < 4.78 is 11.7. The average Bonchev–Trinajstić information content (AvgIpc) is 3.10. The average molecular weight is 393 g/mol. The van der Waals surface area contributed by atoms with Crippen LogP contribution in [0.25, 0.3) is 11.5 Å². The van der Waals surface area contributed by atoms with Crippen molar-refractivity contribution in [3.05, 3.63) is 71.1 Å². The molecule has 0 saturated heterocycles. The maximum atomic E-state index is 11.1. The standard InChI is InChI=1S/C24H27NO4/c1-4-18-15-21(11-10-20(18)14-16(2)24(26)27)28-13-12-22-17(3)29-23(25-22)19-8-6-5-7-9-19/h5-11,15-16H,4,12-14H2,1-3H3,(H,26,27)/t16-/m0/s1. The Hall–Kier alpha value is -3.08. The molecule has 0 bridgehead atoms. The smallest absolute Gasteiger partial charge is 0.306 e. The summed E-state index contributed by atoms with van der Waals surface area (Å²) in [6.07, 6.45) is 2.02. The fraction of sp³-hybridized carbons (Fsp3) is 0.333. The minimum atomic E-state index is -0.773. The first-order valence-electron chi connectivity index (χ1n) is 9.97. The highest BCUT2D eigenvalue weighted by molar-refractivity contribution is 5.70. The van der Waals surface area contributed by atoms with Crippen LogP contribution in [0, 0.1) is 12.8 Å². The molecular weight excluding hydrogens is 366 g/mol. The van der Waals surface area contributed by atoms with Gasteiger partial charge in [0.1, 0.15) is 11.5 Å². The Morgan fingerprint density at radius 2 is 1.93 bits per heavy atom. The van der Waals surface area contributed by atoms with Crippen LogP contribution in [-0.4, -0.2) is 22.7 Å². The molecule has 1 N–H and O–H groups in total. The summed E-state index contributed by atoms with van der Waals surface area (Å²) in [5.41, 5.74) is 4.04. The Kier molecular flexibility index (Phi) is 6.70. The van der Waals surface area contributed by atoms with Gasteiger partial charge in [-0.05, 0) is 55.2 Å². The number of benzene rings is 2. The van der Waals surface area contributed by atoms with E-state index in [0.717, 1.165) is 40.3 Å². The van der Waals surface area contributed by atoms with Gasteiger partial charge in [-0.3, -0.25) is 4.79 Å². The molecule has 0 amide bonds. The molecule has 2 aromatic carbocycles. The Balaban J connectivity index is 1.62. The molecule has 0 saturated carbocycles. The molecule has 0 aliphatic rings. The van der Waals surface area contributed by atoms with Crippen molar-refractivity contribution >= 4 is 5.97 Å². The molecule has 0 unspecified atom stereocenters. The molecule has 29 heavy (non-hydrogen) atoms. The normalized spacial score (nSPS) is 12.0. The largest absolute Gasteiger partial charge is 0.493 e. The third-order valence-corrected chi connectivity index (χ3v) is 5.03. The van der Waals surface area contributed by atoms with Crippen LogP contribution in [0.15, 0.2) is 52.9 Å². The van der Waals surface area contributed by atoms with Crippen molar-refractivity contribution in [2.24, 2.45) is 5.92 Å². The summed E-state index contributed by atoms with van der Waals surface area (Å²) in [6.45, 7) is 6.21. The van der Waals surface area contributed by atoms with E-state index >= 15 is 0 Å². The molecule has 0 fully saturated rings. The van der Waals surface area contributed by atoms with Gasteiger partial charge < -0.3 is 14.3 Å². The van der Waals surface area contributed by atoms with E-state index in [1.165, 1.54) is 0 Å². The van der Waals surface area contributed by atoms with E-state index in [2.05, 4.69) is 11.9 Å². The van der Waals surface area contributed by atoms with Gasteiger partial charge in [0, 0.05) is 12.0 Å². The van der Waals surface area contributed by atoms with E-state index in [1.54, 1.807) is 6.92 Å². The molecule has 5 heteroatoms. The second kappa shape index (κ2) is 9.41. The summed E-state index contributed by atoms with van der Waals surface area (Å²) in [5, 5.41) is 9.14. The van der Waals surface area contributed by atoms with Crippen molar-refractivity contribution in [1.29, 1.82) is 0 Å². The van der Waals surface area contributed by atoms with E-state index in [9.17, 15) is 4.79 Å². The lowest BCUT2D eigenvalue weighted by molar-refractivity contribution is -0.141. The topological polar surface area (TPSA) is 72.6 Å². The number of oxazole rings is 1. The van der Waals surface area contributed by atoms with Crippen molar-refractivity contribution in [2.45, 2.75) is 40.0 Å². The Morgan fingerprint density at radius 1 is 1.17 bits per heavy atom. The lowest BCUT2D eigenvalue weighted by atomic mass is 9.95. The molecule has 0 radical (unpaired) electrons. The number of rotatable bonds is 9. The highest BCUT2D eigenvalue weighted by Crippen LogP contribution is 2.23. The third kappa shape index (κ3) is 5.25. The van der Waals surface area contributed by atoms with Gasteiger partial charge in [0.15, 0.2) is 0 Å². The number of carboxylic acids is 1. The van der Waals surface area contributed by atoms with E-state index in [-0.39, 0.29) is 0 Å². The molecule has 0 aliphatic heterocycles. The van der Waals surface area contributed by atoms with Crippen LogP contribution in [-0.2, 0) is 24.1 Å². The van der Waals surface area contributed by atoms with Crippen LogP contribution >= 0.6 is 0 Å². The van der Waals surface area contributed by atoms with E-state index < -0.39 is 11.9 Å². The zero-order valence-electron chi connectivity index (χ0n) is 17.1. The quantitative estimate of drug-likeness (QED) is 0.548. The Labute approximate surface area is 171 Å². The van der Waals surface area contributed by atoms with Crippen LogP contribution < -0.4 is 4.74 Å². The molecule has 152 valence electrons. The predicted octanol–water partition coefficient (Wildman–Crippen LogP) is 5.10. The van der Waals surface area contributed by atoms with Gasteiger partial charge in [-0.2, -0.15) is 0 Å². The maximum Gasteiger partial charge on any atom is 0.306 e. The van der Waals surface area contributed by atoms with Crippen molar-refractivity contribution in [2.75, 3.05) is 6.61 Å². The fourth-order valence-electron chi connectivity index (χ4n) is 3.27. The SMILES string of the molecule is CCc1cc(OCCc2nc(-c3ccccc3)oc2C)ccc1C[C@H](C)C(=O)O. The molecule has 0 spiro atoms. The van der Waals surface area contributed by atoms with E-state index in [1.807, 2.05) is 55.5 Å². The van der Waals surface area contributed by atoms with E-state index in [4.69, 9.17) is 14.3 Å². The van der Waals surface area contributed by atoms with Crippen molar-refractivity contribution in [3.63, 3.8) is 0 Å². The molecule has 1 aromatic heterocycles. The summed E-state index contributed by atoms with van der Waals surface area (Å²) in [7, 11) is 0. The van der Waals surface area contributed by atoms with Crippen LogP contribution in [0.5, 0.6) is 5.75 Å². The number of nitrogens with zero attached hydrogens (tertiary/aromatic N) is 1. The van der Waals surface area contributed by atoms with Crippen molar-refractivity contribution in [1.82, 2.24) is 4.98 Å². The molecular formula is C24H27NO4. The molecule has 5 nitrogen and oxygen atoms in total. The third-order valence-electron chi connectivity index (χ3n) is 5.03. The number of carboxylic acid groups (broad SMARTS) is 1. The van der Waals surface area contributed by atoms with Gasteiger partial charge in [-0.1, -0.05) is 38.1 Å². The highest BCUT2D eigenvalue weighted by atomic mass is 16.5. The van der Waals surface area contributed by atoms with Crippen molar-refractivity contribution < 1.29 is 19.1 Å². The minimum Gasteiger partial charge on any atom is -0.493 e. The van der Waals surface area contributed by atoms with Crippen LogP contribution in [0.4, 0.5) is 0 Å². The number of aliphatic carboxylic acids is 1. The Morgan fingerprint density at radius 3 is 2.62 bits per heavy atom. The van der Waals surface area contributed by atoms with Gasteiger partial charge in [0.05, 0.1) is 18.2 Å².